The Morgan fingerprint density at radius 1 is 1.32 bits per heavy atom. The van der Waals surface area contributed by atoms with Crippen LogP contribution < -0.4 is 9.38 Å². The van der Waals surface area contributed by atoms with Crippen molar-refractivity contribution in [2.45, 2.75) is 31.2 Å². The first kappa shape index (κ1) is 15.9. The Morgan fingerprint density at radius 2 is 1.89 bits per heavy atom. The molecule has 0 saturated carbocycles. The highest BCUT2D eigenvalue weighted by Crippen LogP contribution is 2.26. The number of hydrogen-bond donors (Lipinski definition) is 3. The molecule has 0 radical (unpaired) electrons. The maximum absolute atomic E-state index is 13.1. The van der Waals surface area contributed by atoms with E-state index in [9.17, 15) is 12.8 Å². The Balaban J connectivity index is 3.26. The lowest BCUT2D eigenvalue weighted by Gasteiger charge is -2.21. The number of sulfonamides is 1. The molecule has 0 aliphatic carbocycles. The number of nitrogens with one attached hydrogen (secondary N) is 1. The second kappa shape index (κ2) is 5.45. The van der Waals surface area contributed by atoms with Crippen LogP contribution in [0, 0.1) is 5.82 Å². The van der Waals surface area contributed by atoms with Crippen molar-refractivity contribution in [3.63, 3.8) is 0 Å². The summed E-state index contributed by atoms with van der Waals surface area (Å²) in [6.45, 7) is 4.90. The van der Waals surface area contributed by atoms with Gasteiger partial charge in [0.2, 0.25) is 10.0 Å². The maximum atomic E-state index is 13.1. The van der Waals surface area contributed by atoms with E-state index in [1.54, 1.807) is 20.8 Å². The highest BCUT2D eigenvalue weighted by atomic mass is 32.2. The van der Waals surface area contributed by atoms with Crippen molar-refractivity contribution in [1.82, 2.24) is 4.72 Å². The van der Waals surface area contributed by atoms with Crippen molar-refractivity contribution in [3.05, 3.63) is 24.0 Å². The molecular weight excluding hydrogens is 276 g/mol. The quantitative estimate of drug-likeness (QED) is 0.691. The molecule has 1 aromatic rings. The van der Waals surface area contributed by atoms with Crippen LogP contribution in [0.25, 0.3) is 0 Å². The average Bonchev–Trinajstić information content (AvgIpc) is 2.11. The average molecular weight is 291 g/mol. The van der Waals surface area contributed by atoms with Gasteiger partial charge >= 0.3 is 7.32 Å². The minimum Gasteiger partial charge on any atom is -0.511 e. The molecule has 0 aliphatic rings. The molecule has 0 amide bonds. The number of halogens is 1. The zero-order valence-corrected chi connectivity index (χ0v) is 11.5. The molecule has 9 heteroatoms. The lowest BCUT2D eigenvalue weighted by molar-refractivity contribution is 0.284. The van der Waals surface area contributed by atoms with Gasteiger partial charge in [0.05, 0.1) is 0 Å². The van der Waals surface area contributed by atoms with E-state index in [1.807, 2.05) is 0 Å². The second-order valence-corrected chi connectivity index (χ2v) is 6.54. The predicted octanol–water partition coefficient (Wildman–Crippen LogP) is 0.251. The molecule has 3 N–H and O–H groups in total. The van der Waals surface area contributed by atoms with E-state index in [-0.39, 0.29) is 4.90 Å². The summed E-state index contributed by atoms with van der Waals surface area (Å²) in [4.78, 5) is -0.378. The fourth-order valence-electron chi connectivity index (χ4n) is 1.37. The van der Waals surface area contributed by atoms with Gasteiger partial charge in [0.15, 0.2) is 0 Å². The van der Waals surface area contributed by atoms with Gasteiger partial charge in [-0.1, -0.05) is 0 Å². The van der Waals surface area contributed by atoms with Crippen molar-refractivity contribution in [1.29, 1.82) is 0 Å². The van der Waals surface area contributed by atoms with E-state index < -0.39 is 34.5 Å². The monoisotopic (exact) mass is 291 g/mol. The first-order valence-corrected chi connectivity index (χ1v) is 6.86. The fourth-order valence-corrected chi connectivity index (χ4v) is 2.90. The van der Waals surface area contributed by atoms with Crippen LogP contribution in [0.15, 0.2) is 23.1 Å². The van der Waals surface area contributed by atoms with Gasteiger partial charge in [-0.15, -0.1) is 0 Å². The van der Waals surface area contributed by atoms with Gasteiger partial charge in [-0.3, -0.25) is 0 Å². The second-order valence-electron chi connectivity index (χ2n) is 4.89. The number of benzene rings is 1. The van der Waals surface area contributed by atoms with Gasteiger partial charge in [0.25, 0.3) is 0 Å². The Kier molecular flexibility index (Phi) is 4.56. The molecule has 1 rings (SSSR count). The summed E-state index contributed by atoms with van der Waals surface area (Å²) < 4.78 is 44.1. The molecule has 0 spiro atoms. The molecule has 0 fully saturated rings. The Bertz CT molecular complexity index is 556. The van der Waals surface area contributed by atoms with Crippen LogP contribution in [-0.4, -0.2) is 31.3 Å². The summed E-state index contributed by atoms with van der Waals surface area (Å²) in [5.41, 5.74) is -0.748. The van der Waals surface area contributed by atoms with Crippen LogP contribution in [0.4, 0.5) is 4.39 Å². The van der Waals surface area contributed by atoms with Crippen LogP contribution in [0.1, 0.15) is 20.8 Å². The summed E-state index contributed by atoms with van der Waals surface area (Å²) in [6.07, 6.45) is 0. The molecule has 19 heavy (non-hydrogen) atoms. The normalized spacial score (nSPS) is 12.3. The minimum atomic E-state index is -3.97. The third-order valence-corrected chi connectivity index (χ3v) is 3.67. The van der Waals surface area contributed by atoms with Crippen molar-refractivity contribution >= 4 is 17.3 Å². The van der Waals surface area contributed by atoms with Gasteiger partial charge in [-0.05, 0) is 32.9 Å². The summed E-state index contributed by atoms with van der Waals surface area (Å²) >= 11 is 0. The summed E-state index contributed by atoms with van der Waals surface area (Å²) in [6, 6.07) is 2.69. The summed E-state index contributed by atoms with van der Waals surface area (Å²) in [7, 11) is -6.22. The smallest absolute Gasteiger partial charge is 0.511 e. The predicted molar refractivity (Wildman–Crippen MR) is 67.3 cm³/mol. The van der Waals surface area contributed by atoms with Crippen LogP contribution in [0.3, 0.4) is 0 Å². The van der Waals surface area contributed by atoms with E-state index in [2.05, 4.69) is 9.38 Å². The molecule has 0 aliphatic heterocycles. The van der Waals surface area contributed by atoms with Crippen molar-refractivity contribution in [2.24, 2.45) is 0 Å². The zero-order chi connectivity index (χ0) is 14.8. The SMILES string of the molecule is CC(C)(C)NS(=O)(=O)c1ccc(F)cc1OB(O)O. The Morgan fingerprint density at radius 3 is 2.37 bits per heavy atom. The molecule has 0 aromatic heterocycles. The summed E-state index contributed by atoms with van der Waals surface area (Å²) in [5.74, 6) is -1.24. The zero-order valence-electron chi connectivity index (χ0n) is 10.7. The third kappa shape index (κ3) is 4.79. The topological polar surface area (TPSA) is 95.9 Å². The molecule has 0 atom stereocenters. The van der Waals surface area contributed by atoms with Crippen LogP contribution in [-0.2, 0) is 10.0 Å². The van der Waals surface area contributed by atoms with Crippen LogP contribution >= 0.6 is 0 Å². The van der Waals surface area contributed by atoms with Gasteiger partial charge in [-0.2, -0.15) is 0 Å². The summed E-state index contributed by atoms with van der Waals surface area (Å²) in [5, 5.41) is 17.4. The first-order valence-electron chi connectivity index (χ1n) is 5.37. The van der Waals surface area contributed by atoms with Crippen LogP contribution in [0.2, 0.25) is 0 Å². The van der Waals surface area contributed by atoms with Gasteiger partial charge in [0.1, 0.15) is 16.5 Å². The largest absolute Gasteiger partial charge is 0.707 e. The van der Waals surface area contributed by atoms with Crippen LogP contribution in [0.5, 0.6) is 5.75 Å². The molecule has 0 unspecified atom stereocenters. The van der Waals surface area contributed by atoms with E-state index >= 15 is 0 Å². The molecule has 0 saturated heterocycles. The van der Waals surface area contributed by atoms with Crippen molar-refractivity contribution in [3.8, 4) is 5.75 Å². The number of rotatable bonds is 4. The standard InChI is InChI=1S/C10H15BFNO5S/c1-10(2,3)13-19(16,17)9-5-4-7(12)6-8(9)18-11(14)15/h4-6,13-15H,1-3H3. The molecule has 0 heterocycles. The molecule has 1 aromatic carbocycles. The highest BCUT2D eigenvalue weighted by molar-refractivity contribution is 7.89. The van der Waals surface area contributed by atoms with E-state index in [4.69, 9.17) is 10.0 Å². The van der Waals surface area contributed by atoms with E-state index in [0.29, 0.717) is 0 Å². The van der Waals surface area contributed by atoms with Crippen molar-refractivity contribution < 1.29 is 27.5 Å². The van der Waals surface area contributed by atoms with E-state index in [1.165, 1.54) is 0 Å². The molecular formula is C10H15BFNO5S. The lowest BCUT2D eigenvalue weighted by Crippen LogP contribution is -2.40. The minimum absolute atomic E-state index is 0.378. The van der Waals surface area contributed by atoms with E-state index in [0.717, 1.165) is 18.2 Å². The molecule has 0 bridgehead atoms. The fraction of sp³-hybridized carbons (Fsp3) is 0.400. The Labute approximate surface area is 111 Å². The number of hydrogen-bond acceptors (Lipinski definition) is 5. The van der Waals surface area contributed by atoms with Gasteiger partial charge in [0, 0.05) is 11.6 Å². The Hall–Kier alpha value is -1.16. The first-order chi connectivity index (χ1) is 8.51. The van der Waals surface area contributed by atoms with Gasteiger partial charge in [-0.25, -0.2) is 17.5 Å². The molecule has 6 nitrogen and oxygen atoms in total. The van der Waals surface area contributed by atoms with Crippen molar-refractivity contribution in [2.75, 3.05) is 0 Å². The molecule has 106 valence electrons. The lowest BCUT2D eigenvalue weighted by atomic mass is 10.1. The highest BCUT2D eigenvalue weighted by Gasteiger charge is 2.27. The van der Waals surface area contributed by atoms with Gasteiger partial charge < -0.3 is 14.7 Å². The maximum Gasteiger partial charge on any atom is 0.707 e. The third-order valence-electron chi connectivity index (χ3n) is 1.87.